The molecule has 20 heavy (non-hydrogen) atoms. The number of carbonyl (C=O) groups is 1. The molecule has 1 amide bonds. The predicted octanol–water partition coefficient (Wildman–Crippen LogP) is 2.48. The van der Waals surface area contributed by atoms with E-state index in [1.165, 1.54) is 0 Å². The molecule has 1 aromatic rings. The Morgan fingerprint density at radius 2 is 1.90 bits per heavy atom. The molecule has 0 bridgehead atoms. The maximum Gasteiger partial charge on any atom is 0.255 e. The minimum atomic E-state index is -1.77. The molecule has 4 nitrogen and oxygen atoms in total. The van der Waals surface area contributed by atoms with Crippen molar-refractivity contribution in [3.63, 3.8) is 0 Å². The number of carbonyl (C=O) groups excluding carboxylic acids is 1. The lowest BCUT2D eigenvalue weighted by Gasteiger charge is -2.25. The van der Waals surface area contributed by atoms with Gasteiger partial charge in [-0.3, -0.25) is 4.79 Å². The number of nitrogens with zero attached hydrogens (tertiary/aromatic N) is 1. The Balaban J connectivity index is 3.15. The number of halogens is 3. The lowest BCUT2D eigenvalue weighted by molar-refractivity contribution is 0.0916. The molecule has 7 heteroatoms. The van der Waals surface area contributed by atoms with Gasteiger partial charge in [0.05, 0.1) is 11.6 Å². The molecule has 0 aliphatic heterocycles. The quantitative estimate of drug-likeness (QED) is 0.820. The highest BCUT2D eigenvalue weighted by atomic mass is 19.2. The Morgan fingerprint density at radius 3 is 2.35 bits per heavy atom. The van der Waals surface area contributed by atoms with Crippen molar-refractivity contribution >= 4 is 5.91 Å². The first kappa shape index (κ1) is 15.8. The van der Waals surface area contributed by atoms with Gasteiger partial charge in [0.2, 0.25) is 5.82 Å². The largest absolute Gasteiger partial charge is 0.503 e. The normalized spacial score (nSPS) is 12.7. The summed E-state index contributed by atoms with van der Waals surface area (Å²) in [6, 6.07) is 1.18. The molecule has 0 fully saturated rings. The van der Waals surface area contributed by atoms with E-state index in [2.05, 4.69) is 5.32 Å². The molecule has 0 aliphatic carbocycles. The first-order valence-electron chi connectivity index (χ1n) is 5.66. The number of nitrogens with one attached hydrogen (secondary N) is 1. The van der Waals surface area contributed by atoms with E-state index in [1.807, 2.05) is 6.07 Å². The molecular formula is C13H13F3N2O2. The van der Waals surface area contributed by atoms with Gasteiger partial charge in [-0.05, 0) is 11.5 Å². The van der Waals surface area contributed by atoms with E-state index in [0.29, 0.717) is 6.07 Å². The minimum Gasteiger partial charge on any atom is -0.503 e. The lowest BCUT2D eigenvalue weighted by Crippen LogP contribution is -2.43. The van der Waals surface area contributed by atoms with Gasteiger partial charge >= 0.3 is 0 Å². The molecule has 1 aromatic carbocycles. The van der Waals surface area contributed by atoms with Crippen molar-refractivity contribution in [2.24, 2.45) is 5.41 Å². The molecule has 108 valence electrons. The average Bonchev–Trinajstić information content (AvgIpc) is 2.35. The number of rotatable bonds is 2. The smallest absolute Gasteiger partial charge is 0.255 e. The van der Waals surface area contributed by atoms with E-state index in [1.54, 1.807) is 20.8 Å². The number of hydrogen-bond donors (Lipinski definition) is 2. The Hall–Kier alpha value is -2.23. The molecule has 0 unspecified atom stereocenters. The third kappa shape index (κ3) is 3.02. The number of aromatic hydroxyl groups is 1. The van der Waals surface area contributed by atoms with Crippen LogP contribution in [0, 0.1) is 34.2 Å². The molecule has 0 saturated heterocycles. The van der Waals surface area contributed by atoms with E-state index >= 15 is 0 Å². The van der Waals surface area contributed by atoms with Crippen LogP contribution in [0.25, 0.3) is 0 Å². The predicted molar refractivity (Wildman–Crippen MR) is 64.3 cm³/mol. The van der Waals surface area contributed by atoms with Gasteiger partial charge in [0.1, 0.15) is 6.04 Å². The number of phenolic OH excluding ortho intramolecular Hbond substituents is 1. The maximum absolute atomic E-state index is 13.5. The van der Waals surface area contributed by atoms with Crippen LogP contribution in [0.1, 0.15) is 31.1 Å². The van der Waals surface area contributed by atoms with Gasteiger partial charge in [0, 0.05) is 0 Å². The summed E-state index contributed by atoms with van der Waals surface area (Å²) in [5.41, 5.74) is -1.51. The third-order valence-corrected chi connectivity index (χ3v) is 2.65. The van der Waals surface area contributed by atoms with Gasteiger partial charge in [0.25, 0.3) is 5.91 Å². The van der Waals surface area contributed by atoms with Crippen LogP contribution < -0.4 is 5.32 Å². The lowest BCUT2D eigenvalue weighted by atomic mass is 9.87. The zero-order valence-corrected chi connectivity index (χ0v) is 11.1. The number of nitriles is 1. The summed E-state index contributed by atoms with van der Waals surface area (Å²) in [6.07, 6.45) is 0. The minimum absolute atomic E-state index is 0.330. The molecule has 0 heterocycles. The Kier molecular flexibility index (Phi) is 4.28. The zero-order valence-electron chi connectivity index (χ0n) is 11.1. The average molecular weight is 286 g/mol. The SMILES string of the molecule is CC(C)(C)[C@H](C#N)NC(=O)c1cc(F)c(F)c(O)c1F. The van der Waals surface area contributed by atoms with E-state index in [4.69, 9.17) is 10.4 Å². The van der Waals surface area contributed by atoms with Crippen LogP contribution in [0.5, 0.6) is 5.75 Å². The monoisotopic (exact) mass is 286 g/mol. The molecule has 0 radical (unpaired) electrons. The van der Waals surface area contributed by atoms with Gasteiger partial charge in [-0.25, -0.2) is 8.78 Å². The summed E-state index contributed by atoms with van der Waals surface area (Å²) in [7, 11) is 0. The van der Waals surface area contributed by atoms with Crippen LogP contribution in [0.15, 0.2) is 6.07 Å². The molecular weight excluding hydrogens is 273 g/mol. The van der Waals surface area contributed by atoms with Crippen molar-refractivity contribution in [3.05, 3.63) is 29.1 Å². The summed E-state index contributed by atoms with van der Waals surface area (Å²) in [4.78, 5) is 11.8. The Labute approximate surface area is 113 Å². The summed E-state index contributed by atoms with van der Waals surface area (Å²) >= 11 is 0. The van der Waals surface area contributed by atoms with E-state index in [0.717, 1.165) is 0 Å². The topological polar surface area (TPSA) is 73.1 Å². The van der Waals surface area contributed by atoms with Gasteiger partial charge in [-0.1, -0.05) is 20.8 Å². The second-order valence-corrected chi connectivity index (χ2v) is 5.28. The molecule has 2 N–H and O–H groups in total. The van der Waals surface area contributed by atoms with Gasteiger partial charge in [-0.15, -0.1) is 0 Å². The van der Waals surface area contributed by atoms with Crippen molar-refractivity contribution in [2.75, 3.05) is 0 Å². The fraction of sp³-hybridized carbons (Fsp3) is 0.385. The van der Waals surface area contributed by atoms with Crippen LogP contribution >= 0.6 is 0 Å². The molecule has 1 atom stereocenters. The van der Waals surface area contributed by atoms with Crippen LogP contribution in [0.3, 0.4) is 0 Å². The second kappa shape index (κ2) is 5.41. The molecule has 1 rings (SSSR count). The van der Waals surface area contributed by atoms with Crippen LogP contribution in [-0.4, -0.2) is 17.1 Å². The Bertz CT molecular complexity index is 589. The van der Waals surface area contributed by atoms with Crippen molar-refractivity contribution in [2.45, 2.75) is 26.8 Å². The van der Waals surface area contributed by atoms with Gasteiger partial charge in [0.15, 0.2) is 17.4 Å². The fourth-order valence-electron chi connectivity index (χ4n) is 1.41. The highest BCUT2D eigenvalue weighted by molar-refractivity contribution is 5.95. The van der Waals surface area contributed by atoms with Crippen molar-refractivity contribution in [3.8, 4) is 11.8 Å². The summed E-state index contributed by atoms with van der Waals surface area (Å²) in [5.74, 6) is -7.59. The number of hydrogen-bond acceptors (Lipinski definition) is 3. The summed E-state index contributed by atoms with van der Waals surface area (Å²) < 4.78 is 39.5. The first-order chi connectivity index (χ1) is 9.09. The number of benzene rings is 1. The van der Waals surface area contributed by atoms with E-state index < -0.39 is 46.1 Å². The van der Waals surface area contributed by atoms with Gasteiger partial charge < -0.3 is 10.4 Å². The van der Waals surface area contributed by atoms with Crippen molar-refractivity contribution < 1.29 is 23.1 Å². The number of amides is 1. The molecule has 0 aliphatic rings. The van der Waals surface area contributed by atoms with Gasteiger partial charge in [-0.2, -0.15) is 9.65 Å². The first-order valence-corrected chi connectivity index (χ1v) is 5.66. The maximum atomic E-state index is 13.5. The molecule has 0 spiro atoms. The molecule has 0 aromatic heterocycles. The highest BCUT2D eigenvalue weighted by Gasteiger charge is 2.29. The van der Waals surface area contributed by atoms with Crippen LogP contribution in [0.2, 0.25) is 0 Å². The third-order valence-electron chi connectivity index (χ3n) is 2.65. The van der Waals surface area contributed by atoms with Crippen molar-refractivity contribution in [1.82, 2.24) is 5.32 Å². The van der Waals surface area contributed by atoms with Crippen LogP contribution in [-0.2, 0) is 0 Å². The van der Waals surface area contributed by atoms with Crippen LogP contribution in [0.4, 0.5) is 13.2 Å². The summed E-state index contributed by atoms with van der Waals surface area (Å²) in [6.45, 7) is 5.00. The summed E-state index contributed by atoms with van der Waals surface area (Å²) in [5, 5.41) is 20.2. The fourth-order valence-corrected chi connectivity index (χ4v) is 1.41. The molecule has 0 saturated carbocycles. The second-order valence-electron chi connectivity index (χ2n) is 5.28. The number of phenols is 1. The Morgan fingerprint density at radius 1 is 1.35 bits per heavy atom. The van der Waals surface area contributed by atoms with E-state index in [9.17, 15) is 18.0 Å². The zero-order chi connectivity index (χ0) is 15.7. The van der Waals surface area contributed by atoms with Crippen molar-refractivity contribution in [1.29, 1.82) is 5.26 Å². The van der Waals surface area contributed by atoms with E-state index in [-0.39, 0.29) is 0 Å². The standard InChI is InChI=1S/C13H13F3N2O2/c1-13(2,3)8(5-17)18-12(20)6-4-7(14)10(16)11(19)9(6)15/h4,8,19H,1-3H3,(H,18,20)/t8-/m0/s1. The highest BCUT2D eigenvalue weighted by Crippen LogP contribution is 2.26.